The molecule has 1 heterocycles. The molecule has 2 aromatic rings. The number of nitrogens with one attached hydrogen (secondary N) is 2. The monoisotopic (exact) mass is 365 g/mol. The van der Waals surface area contributed by atoms with Gasteiger partial charge >= 0.3 is 0 Å². The van der Waals surface area contributed by atoms with Crippen molar-refractivity contribution in [3.8, 4) is 5.75 Å². The van der Waals surface area contributed by atoms with E-state index in [0.29, 0.717) is 11.7 Å². The van der Waals surface area contributed by atoms with Gasteiger partial charge in [0.25, 0.3) is 0 Å². The molecule has 1 aromatic heterocycles. The summed E-state index contributed by atoms with van der Waals surface area (Å²) in [7, 11) is 1.63. The SMILES string of the molecule is COc1ccc(CCNC(=O)CSCC(=O)Nc2nccs2)cc1. The number of amides is 2. The number of ether oxygens (including phenoxy) is 1. The summed E-state index contributed by atoms with van der Waals surface area (Å²) in [6.07, 6.45) is 2.38. The molecule has 0 radical (unpaired) electrons. The van der Waals surface area contributed by atoms with Crippen LogP contribution in [-0.2, 0) is 16.0 Å². The number of thiazole rings is 1. The molecule has 0 saturated heterocycles. The number of thioether (sulfide) groups is 1. The third-order valence-electron chi connectivity index (χ3n) is 3.04. The first-order chi connectivity index (χ1) is 11.7. The van der Waals surface area contributed by atoms with Crippen LogP contribution >= 0.6 is 23.1 Å². The van der Waals surface area contributed by atoms with Crippen molar-refractivity contribution < 1.29 is 14.3 Å². The van der Waals surface area contributed by atoms with Crippen LogP contribution in [0.15, 0.2) is 35.8 Å². The lowest BCUT2D eigenvalue weighted by Gasteiger charge is -2.06. The normalized spacial score (nSPS) is 10.2. The van der Waals surface area contributed by atoms with Gasteiger partial charge in [-0.2, -0.15) is 0 Å². The molecule has 24 heavy (non-hydrogen) atoms. The number of carbonyl (C=O) groups excluding carboxylic acids is 2. The molecule has 0 aliphatic rings. The van der Waals surface area contributed by atoms with Crippen molar-refractivity contribution >= 4 is 40.0 Å². The zero-order valence-electron chi connectivity index (χ0n) is 13.3. The minimum Gasteiger partial charge on any atom is -0.497 e. The molecule has 6 nitrogen and oxygen atoms in total. The summed E-state index contributed by atoms with van der Waals surface area (Å²) in [4.78, 5) is 27.3. The van der Waals surface area contributed by atoms with Crippen LogP contribution in [0.25, 0.3) is 0 Å². The van der Waals surface area contributed by atoms with Crippen LogP contribution in [0, 0.1) is 0 Å². The number of nitrogens with zero attached hydrogens (tertiary/aromatic N) is 1. The predicted octanol–water partition coefficient (Wildman–Crippen LogP) is 2.18. The van der Waals surface area contributed by atoms with Gasteiger partial charge in [-0.25, -0.2) is 4.98 Å². The van der Waals surface area contributed by atoms with Crippen molar-refractivity contribution in [1.29, 1.82) is 0 Å². The van der Waals surface area contributed by atoms with E-state index in [-0.39, 0.29) is 23.3 Å². The van der Waals surface area contributed by atoms with Crippen molar-refractivity contribution in [3.63, 3.8) is 0 Å². The van der Waals surface area contributed by atoms with E-state index in [1.165, 1.54) is 23.1 Å². The van der Waals surface area contributed by atoms with Gasteiger partial charge in [0.05, 0.1) is 18.6 Å². The maximum Gasteiger partial charge on any atom is 0.236 e. The highest BCUT2D eigenvalue weighted by Gasteiger charge is 2.07. The quantitative estimate of drug-likeness (QED) is 0.712. The largest absolute Gasteiger partial charge is 0.497 e. The lowest BCUT2D eigenvalue weighted by molar-refractivity contribution is -0.118. The molecule has 2 rings (SSSR count). The first kappa shape index (κ1) is 18.3. The maximum absolute atomic E-state index is 11.7. The fourth-order valence-electron chi connectivity index (χ4n) is 1.87. The molecule has 0 bridgehead atoms. The Morgan fingerprint density at radius 2 is 1.96 bits per heavy atom. The van der Waals surface area contributed by atoms with E-state index in [9.17, 15) is 9.59 Å². The molecule has 0 fully saturated rings. The summed E-state index contributed by atoms with van der Waals surface area (Å²) in [6, 6.07) is 7.74. The van der Waals surface area contributed by atoms with E-state index in [4.69, 9.17) is 4.74 Å². The number of hydrogen-bond donors (Lipinski definition) is 2. The first-order valence-corrected chi connectivity index (χ1v) is 9.37. The summed E-state index contributed by atoms with van der Waals surface area (Å²) in [6.45, 7) is 0.567. The van der Waals surface area contributed by atoms with Gasteiger partial charge in [0, 0.05) is 18.1 Å². The summed E-state index contributed by atoms with van der Waals surface area (Å²) in [5.41, 5.74) is 1.13. The average Bonchev–Trinajstić information content (AvgIpc) is 3.08. The third-order valence-corrected chi connectivity index (χ3v) is 4.66. The number of carbonyl (C=O) groups is 2. The molecule has 2 amide bonds. The average molecular weight is 365 g/mol. The van der Waals surface area contributed by atoms with Gasteiger partial charge in [-0.15, -0.1) is 23.1 Å². The van der Waals surface area contributed by atoms with Gasteiger partial charge in [0.2, 0.25) is 11.8 Å². The fraction of sp³-hybridized carbons (Fsp3) is 0.312. The van der Waals surface area contributed by atoms with E-state index in [1.54, 1.807) is 18.7 Å². The Hall–Kier alpha value is -2.06. The minimum absolute atomic E-state index is 0.0736. The summed E-state index contributed by atoms with van der Waals surface area (Å²) < 4.78 is 5.10. The third kappa shape index (κ3) is 6.59. The standard InChI is InChI=1S/C16H19N3O3S2/c1-22-13-4-2-12(3-5-13)6-7-17-14(20)10-23-11-15(21)19-16-18-8-9-24-16/h2-5,8-9H,6-7,10-11H2,1H3,(H,17,20)(H,18,19,21). The Morgan fingerprint density at radius 1 is 1.21 bits per heavy atom. The highest BCUT2D eigenvalue weighted by atomic mass is 32.2. The molecule has 0 aliphatic heterocycles. The summed E-state index contributed by atoms with van der Waals surface area (Å²) in [5.74, 6) is 1.08. The van der Waals surface area contributed by atoms with E-state index in [0.717, 1.165) is 17.7 Å². The Morgan fingerprint density at radius 3 is 2.62 bits per heavy atom. The van der Waals surface area contributed by atoms with E-state index < -0.39 is 0 Å². The molecule has 2 N–H and O–H groups in total. The molecule has 1 aromatic carbocycles. The molecule has 8 heteroatoms. The topological polar surface area (TPSA) is 80.3 Å². The fourth-order valence-corrected chi connectivity index (χ4v) is 3.06. The number of aromatic nitrogens is 1. The molecule has 0 aliphatic carbocycles. The zero-order valence-corrected chi connectivity index (χ0v) is 14.9. The van der Waals surface area contributed by atoms with Crippen molar-refractivity contribution in [2.24, 2.45) is 0 Å². The van der Waals surface area contributed by atoms with Crippen LogP contribution in [0.3, 0.4) is 0 Å². The molecule has 128 valence electrons. The van der Waals surface area contributed by atoms with Gasteiger partial charge in [-0.05, 0) is 24.1 Å². The van der Waals surface area contributed by atoms with Gasteiger partial charge in [-0.3, -0.25) is 9.59 Å². The van der Waals surface area contributed by atoms with Gasteiger partial charge < -0.3 is 15.4 Å². The van der Waals surface area contributed by atoms with Crippen LogP contribution in [-0.4, -0.2) is 42.0 Å². The van der Waals surface area contributed by atoms with Crippen LogP contribution < -0.4 is 15.4 Å². The Kier molecular flexibility index (Phi) is 7.57. The van der Waals surface area contributed by atoms with Crippen LogP contribution in [0.5, 0.6) is 5.75 Å². The van der Waals surface area contributed by atoms with Crippen molar-refractivity contribution in [3.05, 3.63) is 41.4 Å². The van der Waals surface area contributed by atoms with Gasteiger partial charge in [-0.1, -0.05) is 12.1 Å². The number of rotatable bonds is 9. The Labute approximate surface area is 149 Å². The second-order valence-corrected chi connectivity index (χ2v) is 6.71. The number of benzene rings is 1. The van der Waals surface area contributed by atoms with E-state index >= 15 is 0 Å². The van der Waals surface area contributed by atoms with Crippen LogP contribution in [0.2, 0.25) is 0 Å². The summed E-state index contributed by atoms with van der Waals surface area (Å²) >= 11 is 2.64. The Balaban J connectivity index is 1.56. The number of hydrogen-bond acceptors (Lipinski definition) is 6. The number of methoxy groups -OCH3 is 1. The van der Waals surface area contributed by atoms with Crippen molar-refractivity contribution in [2.45, 2.75) is 6.42 Å². The lowest BCUT2D eigenvalue weighted by Crippen LogP contribution is -2.28. The molecule has 0 unspecified atom stereocenters. The van der Waals surface area contributed by atoms with Crippen LogP contribution in [0.1, 0.15) is 5.56 Å². The smallest absolute Gasteiger partial charge is 0.236 e. The van der Waals surface area contributed by atoms with Gasteiger partial charge in [0.1, 0.15) is 5.75 Å². The molecular weight excluding hydrogens is 346 g/mol. The van der Waals surface area contributed by atoms with E-state index in [1.807, 2.05) is 24.3 Å². The van der Waals surface area contributed by atoms with E-state index in [2.05, 4.69) is 15.6 Å². The highest BCUT2D eigenvalue weighted by Crippen LogP contribution is 2.12. The molecular formula is C16H19N3O3S2. The molecule has 0 spiro atoms. The molecule has 0 saturated carbocycles. The van der Waals surface area contributed by atoms with Crippen molar-refractivity contribution in [2.75, 3.05) is 30.5 Å². The second-order valence-electron chi connectivity index (χ2n) is 4.83. The number of anilines is 1. The lowest BCUT2D eigenvalue weighted by atomic mass is 10.1. The highest BCUT2D eigenvalue weighted by molar-refractivity contribution is 8.00. The predicted molar refractivity (Wildman–Crippen MR) is 97.8 cm³/mol. The minimum atomic E-state index is -0.152. The molecule has 0 atom stereocenters. The Bertz CT molecular complexity index is 645. The van der Waals surface area contributed by atoms with Crippen LogP contribution in [0.4, 0.5) is 5.13 Å². The first-order valence-electron chi connectivity index (χ1n) is 7.34. The summed E-state index contributed by atoms with van der Waals surface area (Å²) in [5, 5.41) is 7.89. The van der Waals surface area contributed by atoms with Gasteiger partial charge in [0.15, 0.2) is 5.13 Å². The van der Waals surface area contributed by atoms with Crippen molar-refractivity contribution in [1.82, 2.24) is 10.3 Å². The second kappa shape index (κ2) is 9.94. The zero-order chi connectivity index (χ0) is 17.2. The maximum atomic E-state index is 11.7.